The van der Waals surface area contributed by atoms with E-state index in [4.69, 9.17) is 4.74 Å². The average Bonchev–Trinajstić information content (AvgIpc) is 3.25. The van der Waals surface area contributed by atoms with Crippen LogP contribution >= 0.6 is 23.1 Å². The number of aryl methyl sites for hydroxylation is 1. The molecule has 0 saturated carbocycles. The lowest BCUT2D eigenvalue weighted by molar-refractivity contribution is 0.153. The van der Waals surface area contributed by atoms with Gasteiger partial charge in [-0.25, -0.2) is 4.79 Å². The van der Waals surface area contributed by atoms with Gasteiger partial charge in [-0.2, -0.15) is 8.75 Å². The first-order valence-electron chi connectivity index (χ1n) is 7.48. The molecule has 3 aromatic rings. The summed E-state index contributed by atoms with van der Waals surface area (Å²) in [4.78, 5) is 15.7. The third-order valence-corrected chi connectivity index (χ3v) is 5.05. The summed E-state index contributed by atoms with van der Waals surface area (Å²) < 4.78 is 13.7. The molecule has 0 aliphatic carbocycles. The Kier molecular flexibility index (Phi) is 5.39. The van der Waals surface area contributed by atoms with Crippen molar-refractivity contribution in [2.24, 2.45) is 0 Å². The van der Waals surface area contributed by atoms with Crippen LogP contribution in [0.3, 0.4) is 0 Å². The molecule has 6 nitrogen and oxygen atoms in total. The summed E-state index contributed by atoms with van der Waals surface area (Å²) in [5, 5.41) is 5.01. The molecule has 2 aromatic heterocycles. The van der Waals surface area contributed by atoms with Gasteiger partial charge in [-0.3, -0.25) is 0 Å². The first-order chi connectivity index (χ1) is 11.7. The highest BCUT2D eigenvalue weighted by Gasteiger charge is 2.18. The van der Waals surface area contributed by atoms with Crippen molar-refractivity contribution in [2.75, 3.05) is 25.6 Å². The third kappa shape index (κ3) is 3.72. The monoisotopic (exact) mass is 362 g/mol. The summed E-state index contributed by atoms with van der Waals surface area (Å²) in [6, 6.07) is 7.70. The number of methoxy groups -OCH3 is 1. The van der Waals surface area contributed by atoms with E-state index < -0.39 is 0 Å². The first-order valence-corrected chi connectivity index (χ1v) is 9.09. The molecule has 24 heavy (non-hydrogen) atoms. The zero-order chi connectivity index (χ0) is 16.9. The quantitative estimate of drug-likeness (QED) is 0.725. The van der Waals surface area contributed by atoms with Crippen LogP contribution < -0.4 is 5.32 Å². The van der Waals surface area contributed by atoms with Crippen molar-refractivity contribution in [1.29, 1.82) is 0 Å². The van der Waals surface area contributed by atoms with Gasteiger partial charge >= 0.3 is 6.03 Å². The van der Waals surface area contributed by atoms with Crippen molar-refractivity contribution in [3.8, 4) is 0 Å². The Morgan fingerprint density at radius 3 is 2.96 bits per heavy atom. The van der Waals surface area contributed by atoms with E-state index in [1.807, 2.05) is 36.6 Å². The van der Waals surface area contributed by atoms with Crippen LogP contribution in [0.4, 0.5) is 10.5 Å². The van der Waals surface area contributed by atoms with Gasteiger partial charge in [-0.05, 0) is 30.0 Å². The molecule has 0 radical (unpaired) electrons. The molecule has 1 N–H and O–H groups in total. The lowest BCUT2D eigenvalue weighted by atomic mass is 10.1. The fourth-order valence-electron chi connectivity index (χ4n) is 2.34. The zero-order valence-electron chi connectivity index (χ0n) is 13.5. The van der Waals surface area contributed by atoms with Crippen molar-refractivity contribution in [2.45, 2.75) is 13.5 Å². The van der Waals surface area contributed by atoms with Gasteiger partial charge in [0.05, 0.1) is 30.6 Å². The number of fused-ring (bicyclic) bond motifs is 1. The molecule has 0 spiro atoms. The molecule has 0 unspecified atom stereocenters. The second-order valence-electron chi connectivity index (χ2n) is 5.31. The number of benzene rings is 1. The van der Waals surface area contributed by atoms with Crippen molar-refractivity contribution in [1.82, 2.24) is 13.6 Å². The van der Waals surface area contributed by atoms with Crippen LogP contribution in [0.2, 0.25) is 0 Å². The normalized spacial score (nSPS) is 10.9. The number of nitrogens with zero attached hydrogens (tertiary/aromatic N) is 3. The highest BCUT2D eigenvalue weighted by atomic mass is 32.1. The number of carbonyl (C=O) groups excluding carboxylic acids is 1. The molecule has 0 fully saturated rings. The number of nitrogens with one attached hydrogen (secondary N) is 1. The first kappa shape index (κ1) is 16.8. The van der Waals surface area contributed by atoms with Gasteiger partial charge in [0.25, 0.3) is 0 Å². The Bertz CT molecular complexity index is 817. The number of urea groups is 1. The van der Waals surface area contributed by atoms with Crippen LogP contribution in [0.1, 0.15) is 10.4 Å². The topological polar surface area (TPSA) is 67.3 Å². The maximum absolute atomic E-state index is 12.8. The Labute approximate surface area is 148 Å². The fourth-order valence-corrected chi connectivity index (χ4v) is 3.60. The molecule has 0 aliphatic rings. The summed E-state index contributed by atoms with van der Waals surface area (Å²) >= 11 is 2.78. The smallest absolute Gasteiger partial charge is 0.322 e. The van der Waals surface area contributed by atoms with Crippen LogP contribution in [-0.4, -0.2) is 39.9 Å². The fraction of sp³-hybridized carbons (Fsp3) is 0.312. The van der Waals surface area contributed by atoms with Crippen molar-refractivity contribution in [3.05, 3.63) is 40.1 Å². The number of amides is 2. The Balaban J connectivity index is 1.81. The molecular formula is C16H18N4O2S2. The molecule has 0 bridgehead atoms. The predicted molar refractivity (Wildman–Crippen MR) is 97.8 cm³/mol. The molecule has 126 valence electrons. The third-order valence-electron chi connectivity index (χ3n) is 3.65. The van der Waals surface area contributed by atoms with Crippen molar-refractivity contribution >= 4 is 45.8 Å². The number of anilines is 1. The Hall–Kier alpha value is -2.03. The number of hydrogen-bond donors (Lipinski definition) is 1. The maximum atomic E-state index is 12.8. The van der Waals surface area contributed by atoms with Crippen LogP contribution in [0.5, 0.6) is 0 Å². The van der Waals surface area contributed by atoms with Gasteiger partial charge in [-0.15, -0.1) is 11.3 Å². The van der Waals surface area contributed by atoms with E-state index in [9.17, 15) is 4.79 Å². The lowest BCUT2D eigenvalue weighted by Gasteiger charge is -2.23. The summed E-state index contributed by atoms with van der Waals surface area (Å²) in [6.45, 7) is 3.51. The van der Waals surface area contributed by atoms with E-state index in [2.05, 4.69) is 14.1 Å². The molecule has 0 saturated heterocycles. The van der Waals surface area contributed by atoms with Gasteiger partial charge in [0.1, 0.15) is 11.0 Å². The largest absolute Gasteiger partial charge is 0.383 e. The lowest BCUT2D eigenvalue weighted by Crippen LogP contribution is -2.36. The van der Waals surface area contributed by atoms with Crippen molar-refractivity contribution in [3.63, 3.8) is 0 Å². The number of thiophene rings is 1. The number of rotatable bonds is 6. The zero-order valence-corrected chi connectivity index (χ0v) is 15.1. The second-order valence-corrected chi connectivity index (χ2v) is 6.87. The van der Waals surface area contributed by atoms with E-state index in [0.717, 1.165) is 38.9 Å². The Morgan fingerprint density at radius 2 is 2.21 bits per heavy atom. The minimum atomic E-state index is -0.163. The maximum Gasteiger partial charge on any atom is 0.322 e. The molecular weight excluding hydrogens is 344 g/mol. The van der Waals surface area contributed by atoms with Gasteiger partial charge in [-0.1, -0.05) is 12.1 Å². The molecule has 1 aromatic carbocycles. The molecule has 2 amide bonds. The van der Waals surface area contributed by atoms with E-state index in [1.54, 1.807) is 23.3 Å². The molecule has 3 rings (SSSR count). The summed E-state index contributed by atoms with van der Waals surface area (Å²) in [5.74, 6) is 0. The van der Waals surface area contributed by atoms with E-state index in [0.29, 0.717) is 19.7 Å². The van der Waals surface area contributed by atoms with E-state index in [1.165, 1.54) is 0 Å². The molecule has 0 aliphatic heterocycles. The number of carbonyl (C=O) groups is 1. The minimum Gasteiger partial charge on any atom is -0.383 e. The number of ether oxygens (including phenoxy) is 1. The molecule has 0 atom stereocenters. The molecule has 8 heteroatoms. The van der Waals surface area contributed by atoms with Crippen LogP contribution in [0.15, 0.2) is 29.6 Å². The van der Waals surface area contributed by atoms with Crippen LogP contribution in [0.25, 0.3) is 11.0 Å². The highest BCUT2D eigenvalue weighted by molar-refractivity contribution is 7.09. The predicted octanol–water partition coefficient (Wildman–Crippen LogP) is 3.74. The van der Waals surface area contributed by atoms with E-state index in [-0.39, 0.29) is 6.03 Å². The van der Waals surface area contributed by atoms with Crippen LogP contribution in [0, 0.1) is 6.92 Å². The van der Waals surface area contributed by atoms with Gasteiger partial charge in [0.15, 0.2) is 0 Å². The number of hydrogen-bond acceptors (Lipinski definition) is 6. The number of aromatic nitrogens is 2. The van der Waals surface area contributed by atoms with E-state index >= 15 is 0 Å². The van der Waals surface area contributed by atoms with Gasteiger partial charge in [0.2, 0.25) is 0 Å². The minimum absolute atomic E-state index is 0.163. The summed E-state index contributed by atoms with van der Waals surface area (Å²) in [7, 11) is 1.63. The SMILES string of the molecule is COCCN(Cc1cccs1)C(=O)Nc1c(C)ccc2nsnc12. The standard InChI is InChI=1S/C16H18N4O2S2/c1-11-5-6-13-15(19-24-18-13)14(11)17-16(21)20(7-8-22-2)10-12-4-3-9-23-12/h3-6,9H,7-8,10H2,1-2H3,(H,17,21). The summed E-state index contributed by atoms with van der Waals surface area (Å²) in [5.41, 5.74) is 3.21. The van der Waals surface area contributed by atoms with Crippen molar-refractivity contribution < 1.29 is 9.53 Å². The Morgan fingerprint density at radius 1 is 1.33 bits per heavy atom. The second kappa shape index (κ2) is 7.69. The van der Waals surface area contributed by atoms with Crippen LogP contribution in [-0.2, 0) is 11.3 Å². The summed E-state index contributed by atoms with van der Waals surface area (Å²) in [6.07, 6.45) is 0. The molecule has 2 heterocycles. The highest BCUT2D eigenvalue weighted by Crippen LogP contribution is 2.26. The van der Waals surface area contributed by atoms with Gasteiger partial charge < -0.3 is 15.0 Å². The average molecular weight is 362 g/mol. The van der Waals surface area contributed by atoms with Gasteiger partial charge in [0, 0.05) is 18.5 Å².